The number of ether oxygens (including phenoxy) is 1. The Labute approximate surface area is 183 Å². The van der Waals surface area contributed by atoms with Crippen LogP contribution < -0.4 is 4.74 Å². The van der Waals surface area contributed by atoms with Gasteiger partial charge >= 0.3 is 0 Å². The van der Waals surface area contributed by atoms with Crippen molar-refractivity contribution in [3.63, 3.8) is 0 Å². The number of hydrogen-bond donors (Lipinski definition) is 1. The molecule has 146 valence electrons. The van der Waals surface area contributed by atoms with E-state index in [4.69, 9.17) is 16.3 Å². The van der Waals surface area contributed by atoms with Crippen molar-refractivity contribution in [3.8, 4) is 11.5 Å². The number of aromatic hydroxyl groups is 1. The van der Waals surface area contributed by atoms with Gasteiger partial charge < -0.3 is 9.84 Å². The first kappa shape index (κ1) is 20.9. The first-order valence-corrected chi connectivity index (χ1v) is 10.4. The highest BCUT2D eigenvalue weighted by atomic mass is 127. The minimum absolute atomic E-state index is 0.0265. The summed E-state index contributed by atoms with van der Waals surface area (Å²) in [5.74, 6) is -0.622. The summed E-state index contributed by atoms with van der Waals surface area (Å²) < 4.78 is 19.2. The van der Waals surface area contributed by atoms with Crippen molar-refractivity contribution in [1.29, 1.82) is 0 Å². The molecule has 0 aliphatic carbocycles. The van der Waals surface area contributed by atoms with Gasteiger partial charge in [-0.25, -0.2) is 4.39 Å². The van der Waals surface area contributed by atoms with Crippen molar-refractivity contribution >= 4 is 63.2 Å². The van der Waals surface area contributed by atoms with Gasteiger partial charge in [-0.2, -0.15) is 0 Å². The maximum Gasteiger partial charge on any atom is 0.293 e. The lowest BCUT2D eigenvalue weighted by Gasteiger charge is -2.13. The van der Waals surface area contributed by atoms with Gasteiger partial charge in [-0.05, 0) is 82.7 Å². The van der Waals surface area contributed by atoms with Crippen LogP contribution >= 0.6 is 46.0 Å². The predicted molar refractivity (Wildman–Crippen MR) is 115 cm³/mol. The molecule has 2 amide bonds. The molecule has 1 N–H and O–H groups in total. The van der Waals surface area contributed by atoms with Crippen LogP contribution in [0.25, 0.3) is 6.08 Å². The molecule has 28 heavy (non-hydrogen) atoms. The van der Waals surface area contributed by atoms with Gasteiger partial charge in [0.1, 0.15) is 5.82 Å². The number of carbonyl (C=O) groups excluding carboxylic acids is 2. The average molecular weight is 534 g/mol. The molecule has 0 unspecified atom stereocenters. The predicted octanol–water partition coefficient (Wildman–Crippen LogP) is 5.42. The highest BCUT2D eigenvalue weighted by molar-refractivity contribution is 14.1. The summed E-state index contributed by atoms with van der Waals surface area (Å²) in [7, 11) is 0. The average Bonchev–Trinajstić information content (AvgIpc) is 2.89. The number of hydrogen-bond acceptors (Lipinski definition) is 5. The van der Waals surface area contributed by atoms with Gasteiger partial charge in [-0.1, -0.05) is 17.7 Å². The van der Waals surface area contributed by atoms with Crippen molar-refractivity contribution in [3.05, 3.63) is 60.8 Å². The number of carbonyl (C=O) groups is 2. The van der Waals surface area contributed by atoms with Crippen LogP contribution in [0.1, 0.15) is 18.1 Å². The molecule has 0 atom stereocenters. The number of rotatable bonds is 5. The van der Waals surface area contributed by atoms with Crippen LogP contribution in [0.4, 0.5) is 9.18 Å². The van der Waals surface area contributed by atoms with E-state index in [1.807, 2.05) is 22.6 Å². The zero-order valence-corrected chi connectivity index (χ0v) is 18.3. The van der Waals surface area contributed by atoms with Gasteiger partial charge in [0.2, 0.25) is 0 Å². The molecule has 1 aliphatic rings. The highest BCUT2D eigenvalue weighted by Gasteiger charge is 2.35. The Morgan fingerprint density at radius 3 is 2.75 bits per heavy atom. The van der Waals surface area contributed by atoms with Crippen LogP contribution in [0.15, 0.2) is 35.2 Å². The number of phenols is 1. The molecule has 3 rings (SSSR count). The molecule has 0 bridgehead atoms. The molecule has 0 radical (unpaired) electrons. The second-order valence-corrected chi connectivity index (χ2v) is 8.35. The van der Waals surface area contributed by atoms with Gasteiger partial charge in [0.15, 0.2) is 11.5 Å². The second-order valence-electron chi connectivity index (χ2n) is 5.79. The lowest BCUT2D eigenvalue weighted by molar-refractivity contribution is -0.123. The molecule has 1 fully saturated rings. The van der Waals surface area contributed by atoms with E-state index in [2.05, 4.69) is 0 Å². The van der Waals surface area contributed by atoms with Crippen LogP contribution in [-0.4, -0.2) is 27.8 Å². The summed E-state index contributed by atoms with van der Waals surface area (Å²) >= 11 is 8.77. The molecule has 5 nitrogen and oxygen atoms in total. The Morgan fingerprint density at radius 1 is 1.32 bits per heavy atom. The Hall–Kier alpha value is -1.78. The molecule has 1 saturated heterocycles. The SMILES string of the molecule is CCOc1cc(C=C2SC(=O)N(Cc3ccc(F)cc3Cl)C2=O)cc(I)c1O. The van der Waals surface area contributed by atoms with E-state index in [1.165, 1.54) is 12.1 Å². The minimum Gasteiger partial charge on any atom is -0.504 e. The van der Waals surface area contributed by atoms with E-state index in [9.17, 15) is 19.1 Å². The molecule has 2 aromatic carbocycles. The van der Waals surface area contributed by atoms with Gasteiger partial charge in [0.05, 0.1) is 21.6 Å². The third kappa shape index (κ3) is 4.44. The summed E-state index contributed by atoms with van der Waals surface area (Å²) in [6.07, 6.45) is 1.57. The number of amides is 2. The fraction of sp³-hybridized carbons (Fsp3) is 0.158. The van der Waals surface area contributed by atoms with Crippen molar-refractivity contribution in [2.75, 3.05) is 6.61 Å². The van der Waals surface area contributed by atoms with Crippen LogP contribution in [0.2, 0.25) is 5.02 Å². The molecule has 0 aromatic heterocycles. The second kappa shape index (κ2) is 8.71. The molecule has 0 spiro atoms. The molecule has 2 aromatic rings. The molecule has 9 heteroatoms. The number of imide groups is 1. The topological polar surface area (TPSA) is 66.8 Å². The zero-order valence-electron chi connectivity index (χ0n) is 14.5. The largest absolute Gasteiger partial charge is 0.504 e. The van der Waals surface area contributed by atoms with E-state index < -0.39 is 17.0 Å². The number of halogens is 3. The lowest BCUT2D eigenvalue weighted by atomic mass is 10.1. The van der Waals surface area contributed by atoms with E-state index in [0.29, 0.717) is 27.1 Å². The Bertz CT molecular complexity index is 998. The molecule has 1 heterocycles. The smallest absolute Gasteiger partial charge is 0.293 e. The van der Waals surface area contributed by atoms with Gasteiger partial charge in [0, 0.05) is 5.02 Å². The van der Waals surface area contributed by atoms with Crippen molar-refractivity contribution < 1.29 is 23.8 Å². The van der Waals surface area contributed by atoms with Crippen LogP contribution in [-0.2, 0) is 11.3 Å². The van der Waals surface area contributed by atoms with Crippen LogP contribution in [0, 0.1) is 9.39 Å². The van der Waals surface area contributed by atoms with Crippen molar-refractivity contribution in [2.45, 2.75) is 13.5 Å². The van der Waals surface area contributed by atoms with E-state index in [0.717, 1.165) is 22.7 Å². The van der Waals surface area contributed by atoms with Crippen LogP contribution in [0.5, 0.6) is 11.5 Å². The Morgan fingerprint density at radius 2 is 2.07 bits per heavy atom. The maximum atomic E-state index is 13.2. The minimum atomic E-state index is -0.491. The molecular weight excluding hydrogens is 520 g/mol. The van der Waals surface area contributed by atoms with E-state index in [-0.39, 0.29) is 22.2 Å². The number of thioether (sulfide) groups is 1. The number of nitrogens with zero attached hydrogens (tertiary/aromatic N) is 1. The molecular formula is C19H14ClFINO4S. The van der Waals surface area contributed by atoms with Crippen LogP contribution in [0.3, 0.4) is 0 Å². The molecule has 0 saturated carbocycles. The zero-order chi connectivity index (χ0) is 20.4. The summed E-state index contributed by atoms with van der Waals surface area (Å²) in [6.45, 7) is 2.13. The summed E-state index contributed by atoms with van der Waals surface area (Å²) in [5.41, 5.74) is 1.10. The third-order valence-corrected chi connectivity index (χ3v) is 5.95. The summed E-state index contributed by atoms with van der Waals surface area (Å²) in [6, 6.07) is 7.10. The first-order chi connectivity index (χ1) is 13.3. The molecule has 1 aliphatic heterocycles. The third-order valence-electron chi connectivity index (χ3n) is 3.87. The first-order valence-electron chi connectivity index (χ1n) is 8.14. The Balaban J connectivity index is 1.87. The number of benzene rings is 2. The van der Waals surface area contributed by atoms with Gasteiger partial charge in [-0.3, -0.25) is 14.5 Å². The van der Waals surface area contributed by atoms with E-state index in [1.54, 1.807) is 25.1 Å². The normalized spacial score (nSPS) is 15.6. The van der Waals surface area contributed by atoms with Crippen molar-refractivity contribution in [1.82, 2.24) is 4.90 Å². The van der Waals surface area contributed by atoms with Gasteiger partial charge in [0.25, 0.3) is 11.1 Å². The van der Waals surface area contributed by atoms with E-state index >= 15 is 0 Å². The van der Waals surface area contributed by atoms with Gasteiger partial charge in [-0.15, -0.1) is 0 Å². The summed E-state index contributed by atoms with van der Waals surface area (Å²) in [4.78, 5) is 26.3. The number of phenolic OH excluding ortho intramolecular Hbond substituents is 1. The monoisotopic (exact) mass is 533 g/mol. The quantitative estimate of drug-likeness (QED) is 0.410. The Kier molecular flexibility index (Phi) is 6.51. The fourth-order valence-electron chi connectivity index (χ4n) is 2.55. The van der Waals surface area contributed by atoms with Crippen molar-refractivity contribution in [2.24, 2.45) is 0 Å². The standard InChI is InChI=1S/C19H14ClFINO4S/c1-2-27-15-6-10(5-14(22)17(15)24)7-16-18(25)23(19(26)28-16)9-11-3-4-12(21)8-13(11)20/h3-8,24H,2,9H2,1H3. The fourth-order valence-corrected chi connectivity index (χ4v) is 4.24. The highest BCUT2D eigenvalue weighted by Crippen LogP contribution is 2.37. The lowest BCUT2D eigenvalue weighted by Crippen LogP contribution is -2.27. The maximum absolute atomic E-state index is 13.2. The summed E-state index contributed by atoms with van der Waals surface area (Å²) in [5, 5.41) is 9.75.